The molecule has 1 aliphatic carbocycles. The smallest absolute Gasteiger partial charge is 0.342 e. The zero-order valence-corrected chi connectivity index (χ0v) is 8.93. The summed E-state index contributed by atoms with van der Waals surface area (Å²) in [6.45, 7) is 0.805. The van der Waals surface area contributed by atoms with Gasteiger partial charge < -0.3 is 9.47 Å². The number of hydrogen-bond donors (Lipinski definition) is 1. The highest BCUT2D eigenvalue weighted by atomic mass is 19.4. The molecule has 0 aromatic carbocycles. The van der Waals surface area contributed by atoms with Gasteiger partial charge in [-0.3, -0.25) is 5.10 Å². The normalized spacial score (nSPS) is 23.0. The minimum absolute atomic E-state index is 0.186. The van der Waals surface area contributed by atoms with Crippen LogP contribution in [0.3, 0.4) is 0 Å². The predicted octanol–water partition coefficient (Wildman–Crippen LogP) is 1.96. The Balaban J connectivity index is 2.08. The lowest BCUT2D eigenvalue weighted by Crippen LogP contribution is -2.32. The van der Waals surface area contributed by atoms with E-state index in [2.05, 4.69) is 10.2 Å². The van der Waals surface area contributed by atoms with Crippen LogP contribution in [-0.4, -0.2) is 23.4 Å². The molecule has 1 N–H and O–H groups in total. The fourth-order valence-electron chi connectivity index (χ4n) is 2.52. The van der Waals surface area contributed by atoms with Crippen molar-refractivity contribution in [2.75, 3.05) is 13.2 Å². The molecule has 0 radical (unpaired) electrons. The van der Waals surface area contributed by atoms with Crippen molar-refractivity contribution in [2.45, 2.75) is 31.2 Å². The first-order valence-corrected chi connectivity index (χ1v) is 5.46. The van der Waals surface area contributed by atoms with E-state index in [0.29, 0.717) is 38.2 Å². The maximum Gasteiger partial charge on any atom is 0.435 e. The number of aromatic nitrogens is 2. The van der Waals surface area contributed by atoms with Gasteiger partial charge in [-0.05, 0) is 12.8 Å². The lowest BCUT2D eigenvalue weighted by atomic mass is 9.90. The first kappa shape index (κ1) is 11.0. The summed E-state index contributed by atoms with van der Waals surface area (Å²) < 4.78 is 49.1. The van der Waals surface area contributed by atoms with Crippen LogP contribution in [0.1, 0.15) is 29.8 Å². The largest absolute Gasteiger partial charge is 0.435 e. The van der Waals surface area contributed by atoms with Crippen LogP contribution in [0.5, 0.6) is 0 Å². The molecule has 0 atom stereocenters. The number of nitrogens with one attached hydrogen (secondary N) is 1. The van der Waals surface area contributed by atoms with Crippen LogP contribution in [0.2, 0.25) is 0 Å². The van der Waals surface area contributed by atoms with E-state index >= 15 is 0 Å². The highest BCUT2D eigenvalue weighted by Gasteiger charge is 2.48. The van der Waals surface area contributed by atoms with Crippen LogP contribution in [0.15, 0.2) is 0 Å². The Morgan fingerprint density at radius 3 is 2.59 bits per heavy atom. The number of rotatable bonds is 0. The molecule has 17 heavy (non-hydrogen) atoms. The molecule has 1 aliphatic heterocycles. The number of hydrogen-bond acceptors (Lipinski definition) is 3. The third-order valence-electron chi connectivity index (χ3n) is 3.20. The van der Waals surface area contributed by atoms with Crippen molar-refractivity contribution in [2.24, 2.45) is 0 Å². The van der Waals surface area contributed by atoms with Gasteiger partial charge in [0.2, 0.25) is 5.79 Å². The second kappa shape index (κ2) is 3.46. The minimum Gasteiger partial charge on any atom is -0.342 e. The van der Waals surface area contributed by atoms with E-state index in [4.69, 9.17) is 9.47 Å². The molecule has 0 amide bonds. The van der Waals surface area contributed by atoms with Crippen molar-refractivity contribution in [3.05, 3.63) is 17.0 Å². The molecule has 1 spiro atoms. The summed E-state index contributed by atoms with van der Waals surface area (Å²) in [5.41, 5.74) is -0.315. The van der Waals surface area contributed by atoms with Crippen LogP contribution in [0.25, 0.3) is 0 Å². The monoisotopic (exact) mass is 248 g/mol. The van der Waals surface area contributed by atoms with Gasteiger partial charge in [0.1, 0.15) is 0 Å². The maximum atomic E-state index is 12.7. The lowest BCUT2D eigenvalue weighted by Gasteiger charge is -2.30. The molecule has 0 unspecified atom stereocenters. The van der Waals surface area contributed by atoms with Crippen LogP contribution in [-0.2, 0) is 27.9 Å². The van der Waals surface area contributed by atoms with E-state index in [1.54, 1.807) is 0 Å². The number of H-pyrrole nitrogens is 1. The van der Waals surface area contributed by atoms with Gasteiger partial charge in [0.15, 0.2) is 5.69 Å². The number of fused-ring (bicyclic) bond motifs is 2. The SMILES string of the molecule is FC(F)(F)c1n[nH]c2c1CCCC21OCCO1. The van der Waals surface area contributed by atoms with Crippen LogP contribution >= 0.6 is 0 Å². The van der Waals surface area contributed by atoms with Crippen molar-refractivity contribution in [3.8, 4) is 0 Å². The van der Waals surface area contributed by atoms with Gasteiger partial charge in [-0.15, -0.1) is 0 Å². The topological polar surface area (TPSA) is 47.1 Å². The van der Waals surface area contributed by atoms with E-state index in [1.807, 2.05) is 0 Å². The summed E-state index contributed by atoms with van der Waals surface area (Å²) in [6.07, 6.45) is -2.90. The van der Waals surface area contributed by atoms with Gasteiger partial charge in [-0.1, -0.05) is 0 Å². The molecule has 94 valence electrons. The second-order valence-electron chi connectivity index (χ2n) is 4.23. The van der Waals surface area contributed by atoms with E-state index in [1.165, 1.54) is 0 Å². The standard InChI is InChI=1S/C10H11F3N2O2/c11-10(12,13)8-6-2-1-3-9(7(6)14-15-8)16-4-5-17-9/h1-5H2,(H,14,15). The zero-order valence-electron chi connectivity index (χ0n) is 8.93. The van der Waals surface area contributed by atoms with Gasteiger partial charge in [-0.25, -0.2) is 0 Å². The molecule has 1 aromatic rings. The number of alkyl halides is 3. The quantitative estimate of drug-likeness (QED) is 0.763. The molecular weight excluding hydrogens is 237 g/mol. The molecular formula is C10H11F3N2O2. The first-order valence-electron chi connectivity index (χ1n) is 5.46. The number of halogens is 3. The Kier molecular flexibility index (Phi) is 2.24. The van der Waals surface area contributed by atoms with Gasteiger partial charge >= 0.3 is 6.18 Å². The molecule has 4 nitrogen and oxygen atoms in total. The molecule has 1 fully saturated rings. The summed E-state index contributed by atoms with van der Waals surface area (Å²) in [5.74, 6) is -1.02. The van der Waals surface area contributed by atoms with Gasteiger partial charge in [-0.2, -0.15) is 18.3 Å². The fourth-order valence-corrected chi connectivity index (χ4v) is 2.52. The Hall–Kier alpha value is -1.08. The first-order chi connectivity index (χ1) is 8.03. The number of aromatic amines is 1. The summed E-state index contributed by atoms with van der Waals surface area (Å²) in [4.78, 5) is 0. The molecule has 3 rings (SSSR count). The average molecular weight is 248 g/mol. The average Bonchev–Trinajstić information content (AvgIpc) is 2.84. The Morgan fingerprint density at radius 1 is 1.24 bits per heavy atom. The van der Waals surface area contributed by atoms with Crippen LogP contribution in [0.4, 0.5) is 13.2 Å². The molecule has 0 saturated carbocycles. The fraction of sp³-hybridized carbons (Fsp3) is 0.700. The summed E-state index contributed by atoms with van der Waals surface area (Å²) in [6, 6.07) is 0. The molecule has 1 saturated heterocycles. The van der Waals surface area contributed by atoms with Crippen molar-refractivity contribution in [1.82, 2.24) is 10.2 Å². The highest BCUT2D eigenvalue weighted by Crippen LogP contribution is 2.44. The highest BCUT2D eigenvalue weighted by molar-refractivity contribution is 5.33. The van der Waals surface area contributed by atoms with Gasteiger partial charge in [0.25, 0.3) is 0 Å². The van der Waals surface area contributed by atoms with Crippen molar-refractivity contribution < 1.29 is 22.6 Å². The summed E-state index contributed by atoms with van der Waals surface area (Å²) in [5, 5.41) is 5.82. The Labute approximate surface area is 95.1 Å². The van der Waals surface area contributed by atoms with Gasteiger partial charge in [0.05, 0.1) is 18.9 Å². The predicted molar refractivity (Wildman–Crippen MR) is 50.1 cm³/mol. The van der Waals surface area contributed by atoms with Crippen molar-refractivity contribution >= 4 is 0 Å². The van der Waals surface area contributed by atoms with Crippen molar-refractivity contribution in [3.63, 3.8) is 0 Å². The van der Waals surface area contributed by atoms with E-state index in [0.717, 1.165) is 0 Å². The van der Waals surface area contributed by atoms with Gasteiger partial charge in [0, 0.05) is 12.0 Å². The Morgan fingerprint density at radius 2 is 1.94 bits per heavy atom. The number of nitrogens with zero attached hydrogens (tertiary/aromatic N) is 1. The minimum atomic E-state index is -4.43. The Bertz CT molecular complexity index is 435. The molecule has 2 aliphatic rings. The maximum absolute atomic E-state index is 12.7. The zero-order chi connectivity index (χ0) is 12.1. The van der Waals surface area contributed by atoms with E-state index in [-0.39, 0.29) is 5.56 Å². The molecule has 0 bridgehead atoms. The van der Waals surface area contributed by atoms with Crippen molar-refractivity contribution in [1.29, 1.82) is 0 Å². The van der Waals surface area contributed by atoms with Crippen LogP contribution in [0, 0.1) is 0 Å². The molecule has 2 heterocycles. The molecule has 1 aromatic heterocycles. The molecule has 7 heteroatoms. The number of ether oxygens (including phenoxy) is 2. The summed E-state index contributed by atoms with van der Waals surface area (Å²) in [7, 11) is 0. The van der Waals surface area contributed by atoms with Crippen LogP contribution < -0.4 is 0 Å². The van der Waals surface area contributed by atoms with E-state index < -0.39 is 17.7 Å². The summed E-state index contributed by atoms with van der Waals surface area (Å²) >= 11 is 0. The third kappa shape index (κ3) is 1.56. The lowest BCUT2D eigenvalue weighted by molar-refractivity contribution is -0.178. The van der Waals surface area contributed by atoms with E-state index in [9.17, 15) is 13.2 Å². The second-order valence-corrected chi connectivity index (χ2v) is 4.23. The third-order valence-corrected chi connectivity index (χ3v) is 3.20.